The van der Waals surface area contributed by atoms with E-state index in [1.807, 2.05) is 6.07 Å². The Balaban J connectivity index is 1.73. The molecule has 0 aliphatic heterocycles. The van der Waals surface area contributed by atoms with E-state index >= 15 is 0 Å². The number of halogens is 1. The van der Waals surface area contributed by atoms with Crippen LogP contribution < -0.4 is 5.32 Å². The van der Waals surface area contributed by atoms with Crippen LogP contribution in [-0.2, 0) is 0 Å². The largest absolute Gasteiger partial charge is 0.310 e. The van der Waals surface area contributed by atoms with E-state index in [4.69, 9.17) is 0 Å². The van der Waals surface area contributed by atoms with Crippen molar-refractivity contribution in [1.82, 2.24) is 5.32 Å². The summed E-state index contributed by atoms with van der Waals surface area (Å²) in [5, 5.41) is 3.52. The Morgan fingerprint density at radius 2 is 2.21 bits per heavy atom. The fraction of sp³-hybridized carbons (Fsp3) is 0.647. The summed E-state index contributed by atoms with van der Waals surface area (Å²) in [6.07, 6.45) is 6.83. The zero-order chi connectivity index (χ0) is 13.7. The summed E-state index contributed by atoms with van der Waals surface area (Å²) in [5.74, 6) is 1.64. The molecule has 0 radical (unpaired) electrons. The SMILES string of the molecule is CC1CCCC(CCNC(C)c2cccc(F)c2)C1. The fourth-order valence-corrected chi connectivity index (χ4v) is 3.22. The topological polar surface area (TPSA) is 12.0 Å². The van der Waals surface area contributed by atoms with Gasteiger partial charge in [0.15, 0.2) is 0 Å². The molecule has 0 aromatic heterocycles. The van der Waals surface area contributed by atoms with Crippen LogP contribution in [0.3, 0.4) is 0 Å². The normalized spacial score (nSPS) is 25.2. The smallest absolute Gasteiger partial charge is 0.123 e. The molecule has 1 saturated carbocycles. The van der Waals surface area contributed by atoms with Gasteiger partial charge in [-0.2, -0.15) is 0 Å². The molecule has 3 unspecified atom stereocenters. The van der Waals surface area contributed by atoms with E-state index < -0.39 is 0 Å². The van der Waals surface area contributed by atoms with Crippen LogP contribution in [0.25, 0.3) is 0 Å². The van der Waals surface area contributed by atoms with E-state index in [1.165, 1.54) is 38.2 Å². The first-order chi connectivity index (χ1) is 9.15. The Hall–Kier alpha value is -0.890. The van der Waals surface area contributed by atoms with Crippen LogP contribution in [0, 0.1) is 17.7 Å². The van der Waals surface area contributed by atoms with Gasteiger partial charge in [0, 0.05) is 6.04 Å². The Morgan fingerprint density at radius 3 is 2.95 bits per heavy atom. The first-order valence-electron chi connectivity index (χ1n) is 7.64. The monoisotopic (exact) mass is 263 g/mol. The van der Waals surface area contributed by atoms with Crippen LogP contribution in [0.5, 0.6) is 0 Å². The van der Waals surface area contributed by atoms with Gasteiger partial charge in [-0.15, -0.1) is 0 Å². The van der Waals surface area contributed by atoms with Crippen molar-refractivity contribution in [3.05, 3.63) is 35.6 Å². The number of hydrogen-bond acceptors (Lipinski definition) is 1. The molecule has 1 aromatic carbocycles. The predicted molar refractivity (Wildman–Crippen MR) is 78.6 cm³/mol. The summed E-state index contributed by atoms with van der Waals surface area (Å²) in [6, 6.07) is 7.13. The van der Waals surface area contributed by atoms with Gasteiger partial charge in [-0.3, -0.25) is 0 Å². The van der Waals surface area contributed by atoms with Crippen molar-refractivity contribution in [1.29, 1.82) is 0 Å². The van der Waals surface area contributed by atoms with Gasteiger partial charge in [0.1, 0.15) is 5.82 Å². The van der Waals surface area contributed by atoms with Crippen molar-refractivity contribution in [2.75, 3.05) is 6.54 Å². The summed E-state index contributed by atoms with van der Waals surface area (Å²) in [6.45, 7) is 5.52. The first-order valence-corrected chi connectivity index (χ1v) is 7.64. The maximum absolute atomic E-state index is 13.2. The molecule has 0 spiro atoms. The Kier molecular flexibility index (Phi) is 5.38. The lowest BCUT2D eigenvalue weighted by Gasteiger charge is -2.27. The van der Waals surface area contributed by atoms with E-state index in [0.29, 0.717) is 0 Å². The van der Waals surface area contributed by atoms with Crippen molar-refractivity contribution in [2.24, 2.45) is 11.8 Å². The van der Waals surface area contributed by atoms with Crippen LogP contribution >= 0.6 is 0 Å². The van der Waals surface area contributed by atoms with Gasteiger partial charge in [-0.1, -0.05) is 38.3 Å². The van der Waals surface area contributed by atoms with Crippen molar-refractivity contribution in [2.45, 2.75) is 52.0 Å². The molecule has 2 rings (SSSR count). The van der Waals surface area contributed by atoms with E-state index in [2.05, 4.69) is 19.2 Å². The van der Waals surface area contributed by atoms with Gasteiger partial charge < -0.3 is 5.32 Å². The molecule has 0 bridgehead atoms. The van der Waals surface area contributed by atoms with Crippen molar-refractivity contribution >= 4 is 0 Å². The second-order valence-corrected chi connectivity index (χ2v) is 6.16. The van der Waals surface area contributed by atoms with E-state index in [1.54, 1.807) is 12.1 Å². The van der Waals surface area contributed by atoms with Gasteiger partial charge in [0.2, 0.25) is 0 Å². The van der Waals surface area contributed by atoms with Crippen LogP contribution in [0.15, 0.2) is 24.3 Å². The van der Waals surface area contributed by atoms with Gasteiger partial charge in [0.25, 0.3) is 0 Å². The molecule has 1 aliphatic carbocycles. The average molecular weight is 263 g/mol. The summed E-state index contributed by atoms with van der Waals surface area (Å²) in [4.78, 5) is 0. The number of rotatable bonds is 5. The molecule has 0 heterocycles. The molecule has 2 heteroatoms. The standard InChI is InChI=1S/C17H26FN/c1-13-5-3-6-15(11-13)9-10-19-14(2)16-7-4-8-17(18)12-16/h4,7-8,12-15,19H,3,5-6,9-11H2,1-2H3. The third-order valence-electron chi connectivity index (χ3n) is 4.40. The molecule has 1 nitrogen and oxygen atoms in total. The highest BCUT2D eigenvalue weighted by molar-refractivity contribution is 5.19. The van der Waals surface area contributed by atoms with Gasteiger partial charge in [0.05, 0.1) is 0 Å². The molecule has 0 saturated heterocycles. The van der Waals surface area contributed by atoms with Crippen molar-refractivity contribution in [3.63, 3.8) is 0 Å². The molecule has 1 fully saturated rings. The van der Waals surface area contributed by atoms with Gasteiger partial charge >= 0.3 is 0 Å². The quantitative estimate of drug-likeness (QED) is 0.812. The third-order valence-corrected chi connectivity index (χ3v) is 4.40. The second kappa shape index (κ2) is 7.04. The number of hydrogen-bond donors (Lipinski definition) is 1. The van der Waals surface area contributed by atoms with Crippen LogP contribution in [0.2, 0.25) is 0 Å². The highest BCUT2D eigenvalue weighted by Gasteiger charge is 2.18. The van der Waals surface area contributed by atoms with Crippen LogP contribution in [0.1, 0.15) is 57.6 Å². The maximum atomic E-state index is 13.2. The Morgan fingerprint density at radius 1 is 1.37 bits per heavy atom. The van der Waals surface area contributed by atoms with Gasteiger partial charge in [-0.25, -0.2) is 4.39 Å². The minimum absolute atomic E-state index is 0.146. The molecule has 1 N–H and O–H groups in total. The summed E-state index contributed by atoms with van der Waals surface area (Å²) in [5.41, 5.74) is 1.04. The molecular formula is C17H26FN. The lowest BCUT2D eigenvalue weighted by Crippen LogP contribution is -2.23. The summed E-state index contributed by atoms with van der Waals surface area (Å²) >= 11 is 0. The molecular weight excluding hydrogens is 237 g/mol. The third kappa shape index (κ3) is 4.61. The molecule has 1 aliphatic rings. The molecule has 106 valence electrons. The predicted octanol–water partition coefficient (Wildman–Crippen LogP) is 4.69. The Bertz CT molecular complexity index is 391. The van der Waals surface area contributed by atoms with Crippen molar-refractivity contribution < 1.29 is 4.39 Å². The summed E-state index contributed by atoms with van der Waals surface area (Å²) in [7, 11) is 0. The lowest BCUT2D eigenvalue weighted by molar-refractivity contribution is 0.265. The van der Waals surface area contributed by atoms with E-state index in [0.717, 1.165) is 23.9 Å². The average Bonchev–Trinajstić information content (AvgIpc) is 2.38. The maximum Gasteiger partial charge on any atom is 0.123 e. The molecule has 19 heavy (non-hydrogen) atoms. The molecule has 3 atom stereocenters. The highest BCUT2D eigenvalue weighted by Crippen LogP contribution is 2.30. The first kappa shape index (κ1) is 14.5. The summed E-state index contributed by atoms with van der Waals surface area (Å²) < 4.78 is 13.2. The van der Waals surface area contributed by atoms with Crippen molar-refractivity contribution in [3.8, 4) is 0 Å². The van der Waals surface area contributed by atoms with Crippen LogP contribution in [0.4, 0.5) is 4.39 Å². The fourth-order valence-electron chi connectivity index (χ4n) is 3.22. The zero-order valence-electron chi connectivity index (χ0n) is 12.2. The number of benzene rings is 1. The molecule has 0 amide bonds. The number of nitrogens with one attached hydrogen (secondary N) is 1. The highest BCUT2D eigenvalue weighted by atomic mass is 19.1. The second-order valence-electron chi connectivity index (χ2n) is 6.16. The molecule has 1 aromatic rings. The van der Waals surface area contributed by atoms with E-state index in [-0.39, 0.29) is 11.9 Å². The van der Waals surface area contributed by atoms with E-state index in [9.17, 15) is 4.39 Å². The minimum atomic E-state index is -0.146. The minimum Gasteiger partial charge on any atom is -0.310 e. The van der Waals surface area contributed by atoms with Gasteiger partial charge in [-0.05, 0) is 55.8 Å². The zero-order valence-corrected chi connectivity index (χ0v) is 12.2. The lowest BCUT2D eigenvalue weighted by atomic mass is 9.81. The van der Waals surface area contributed by atoms with Crippen LogP contribution in [-0.4, -0.2) is 6.54 Å². The Labute approximate surface area is 116 Å².